The maximum atomic E-state index is 12.0. The minimum Gasteiger partial charge on any atom is -0.490 e. The van der Waals surface area contributed by atoms with E-state index < -0.39 is 17.8 Å². The second-order valence-electron chi connectivity index (χ2n) is 7.03. The molecule has 2 N–H and O–H groups in total. The summed E-state index contributed by atoms with van der Waals surface area (Å²) in [6, 6.07) is 16.1. The number of anilines is 1. The standard InChI is InChI=1S/C25H22N4O7/c1-3-34-22-12-17(6-10-20(22)35-15-19-9-11-21(36-19)25(32)33-2)14-27-29-24(31)23(30)28-18-7-4-16(13-26)5-8-18/h4-12,14H,3,15H2,1-2H3,(H,28,30)(H,29,31). The molecule has 0 saturated heterocycles. The van der Waals surface area contributed by atoms with Crippen LogP contribution in [0.4, 0.5) is 5.69 Å². The number of ether oxygens (including phenoxy) is 3. The molecule has 0 radical (unpaired) electrons. The quantitative estimate of drug-likeness (QED) is 0.201. The highest BCUT2D eigenvalue weighted by atomic mass is 16.5. The maximum absolute atomic E-state index is 12.0. The lowest BCUT2D eigenvalue weighted by Crippen LogP contribution is -2.32. The van der Waals surface area contributed by atoms with Crippen molar-refractivity contribution < 1.29 is 33.0 Å². The summed E-state index contributed by atoms with van der Waals surface area (Å²) in [5.74, 6) is -1.12. The number of nitrogens with one attached hydrogen (secondary N) is 2. The molecule has 1 aromatic heterocycles. The van der Waals surface area contributed by atoms with E-state index in [0.29, 0.717) is 40.7 Å². The van der Waals surface area contributed by atoms with Crippen LogP contribution in [-0.4, -0.2) is 37.7 Å². The first-order valence-corrected chi connectivity index (χ1v) is 10.6. The summed E-state index contributed by atoms with van der Waals surface area (Å²) >= 11 is 0. The van der Waals surface area contributed by atoms with Crippen LogP contribution in [0, 0.1) is 11.3 Å². The van der Waals surface area contributed by atoms with Gasteiger partial charge in [0, 0.05) is 5.69 Å². The molecule has 0 bridgehead atoms. The number of methoxy groups -OCH3 is 1. The predicted octanol–water partition coefficient (Wildman–Crippen LogP) is 3.00. The molecular formula is C25H22N4O7. The van der Waals surface area contributed by atoms with E-state index in [2.05, 4.69) is 20.6 Å². The molecule has 0 aliphatic rings. The minimum absolute atomic E-state index is 0.0505. The summed E-state index contributed by atoms with van der Waals surface area (Å²) in [4.78, 5) is 35.5. The molecule has 0 aliphatic carbocycles. The van der Waals surface area contributed by atoms with Gasteiger partial charge in [0.25, 0.3) is 0 Å². The molecule has 2 amide bonds. The SMILES string of the molecule is CCOc1cc(C=NNC(=O)C(=O)Nc2ccc(C#N)cc2)ccc1OCc1ccc(C(=O)OC)o1. The summed E-state index contributed by atoms with van der Waals surface area (Å²) in [6.07, 6.45) is 1.34. The van der Waals surface area contributed by atoms with Gasteiger partial charge in [-0.25, -0.2) is 10.2 Å². The molecule has 11 nitrogen and oxygen atoms in total. The largest absolute Gasteiger partial charge is 0.490 e. The van der Waals surface area contributed by atoms with Crippen molar-refractivity contribution in [2.75, 3.05) is 19.0 Å². The Kier molecular flexibility index (Phi) is 8.77. The second-order valence-corrected chi connectivity index (χ2v) is 7.03. The number of carbonyl (C=O) groups excluding carboxylic acids is 3. The normalized spacial score (nSPS) is 10.4. The van der Waals surface area contributed by atoms with E-state index in [9.17, 15) is 14.4 Å². The molecule has 2 aromatic carbocycles. The number of hydrogen-bond acceptors (Lipinski definition) is 9. The van der Waals surface area contributed by atoms with Crippen molar-refractivity contribution in [1.29, 1.82) is 5.26 Å². The van der Waals surface area contributed by atoms with Gasteiger partial charge in [-0.2, -0.15) is 10.4 Å². The molecule has 184 valence electrons. The fourth-order valence-electron chi connectivity index (χ4n) is 2.84. The Morgan fingerprint density at radius 2 is 1.81 bits per heavy atom. The van der Waals surface area contributed by atoms with Crippen LogP contribution in [0.3, 0.4) is 0 Å². The molecule has 36 heavy (non-hydrogen) atoms. The second kappa shape index (κ2) is 12.4. The Labute approximate surface area is 206 Å². The Balaban J connectivity index is 1.58. The van der Waals surface area contributed by atoms with Crippen molar-refractivity contribution in [3.63, 3.8) is 0 Å². The van der Waals surface area contributed by atoms with Gasteiger partial charge in [-0.3, -0.25) is 9.59 Å². The molecule has 11 heteroatoms. The van der Waals surface area contributed by atoms with Gasteiger partial charge in [0.05, 0.1) is 31.6 Å². The summed E-state index contributed by atoms with van der Waals surface area (Å²) < 4.78 is 21.3. The third-order valence-electron chi connectivity index (χ3n) is 4.54. The van der Waals surface area contributed by atoms with Crippen LogP contribution in [0.25, 0.3) is 0 Å². The lowest BCUT2D eigenvalue weighted by molar-refractivity contribution is -0.136. The van der Waals surface area contributed by atoms with Gasteiger partial charge in [-0.1, -0.05) is 0 Å². The number of hydrogen-bond donors (Lipinski definition) is 2. The highest BCUT2D eigenvalue weighted by Gasteiger charge is 2.14. The zero-order chi connectivity index (χ0) is 25.9. The Morgan fingerprint density at radius 1 is 1.03 bits per heavy atom. The first kappa shape index (κ1) is 25.5. The molecule has 3 rings (SSSR count). The average molecular weight is 490 g/mol. The van der Waals surface area contributed by atoms with E-state index in [-0.39, 0.29) is 12.4 Å². The zero-order valence-electron chi connectivity index (χ0n) is 19.4. The van der Waals surface area contributed by atoms with Gasteiger partial charge in [0.15, 0.2) is 11.5 Å². The third-order valence-corrected chi connectivity index (χ3v) is 4.54. The number of nitrogens with zero attached hydrogens (tertiary/aromatic N) is 2. The molecule has 0 fully saturated rings. The minimum atomic E-state index is -0.967. The molecular weight excluding hydrogens is 468 g/mol. The summed E-state index contributed by atoms with van der Waals surface area (Å²) in [5, 5.41) is 15.0. The smallest absolute Gasteiger partial charge is 0.373 e. The van der Waals surface area contributed by atoms with Crippen molar-refractivity contribution >= 4 is 29.7 Å². The Hall–Kier alpha value is -5.11. The van der Waals surface area contributed by atoms with E-state index in [1.807, 2.05) is 13.0 Å². The van der Waals surface area contributed by atoms with Gasteiger partial charge in [0.1, 0.15) is 12.4 Å². The highest BCUT2D eigenvalue weighted by molar-refractivity contribution is 6.39. The number of nitriles is 1. The lowest BCUT2D eigenvalue weighted by atomic mass is 10.2. The van der Waals surface area contributed by atoms with Crippen molar-refractivity contribution in [3.8, 4) is 17.6 Å². The molecule has 0 atom stereocenters. The topological polar surface area (TPSA) is 152 Å². The highest BCUT2D eigenvalue weighted by Crippen LogP contribution is 2.29. The van der Waals surface area contributed by atoms with Crippen molar-refractivity contribution in [3.05, 3.63) is 77.2 Å². The third kappa shape index (κ3) is 6.94. The number of amides is 2. The first-order valence-electron chi connectivity index (χ1n) is 10.6. The summed E-state index contributed by atoms with van der Waals surface area (Å²) in [5.41, 5.74) is 3.52. The van der Waals surface area contributed by atoms with Crippen LogP contribution in [0.1, 0.15) is 34.4 Å². The Bertz CT molecular complexity index is 1310. The molecule has 0 spiro atoms. The van der Waals surface area contributed by atoms with E-state index in [1.165, 1.54) is 43.7 Å². The van der Waals surface area contributed by atoms with Gasteiger partial charge < -0.3 is 23.9 Å². The van der Waals surface area contributed by atoms with Crippen LogP contribution in [0.2, 0.25) is 0 Å². The average Bonchev–Trinajstić information content (AvgIpc) is 3.37. The van der Waals surface area contributed by atoms with E-state index in [1.54, 1.807) is 24.3 Å². The molecule has 0 saturated carbocycles. The maximum Gasteiger partial charge on any atom is 0.373 e. The predicted molar refractivity (Wildman–Crippen MR) is 128 cm³/mol. The van der Waals surface area contributed by atoms with Crippen LogP contribution in [0.15, 0.2) is 64.1 Å². The van der Waals surface area contributed by atoms with Gasteiger partial charge in [-0.05, 0) is 67.1 Å². The summed E-state index contributed by atoms with van der Waals surface area (Å²) in [7, 11) is 1.26. The van der Waals surface area contributed by atoms with Gasteiger partial charge in [0.2, 0.25) is 5.76 Å². The molecule has 0 unspecified atom stereocenters. The molecule has 3 aromatic rings. The lowest BCUT2D eigenvalue weighted by Gasteiger charge is -2.11. The number of carbonyl (C=O) groups is 3. The van der Waals surface area contributed by atoms with E-state index in [0.717, 1.165) is 0 Å². The van der Waals surface area contributed by atoms with Crippen molar-refractivity contribution in [2.24, 2.45) is 5.10 Å². The molecule has 0 aliphatic heterocycles. The van der Waals surface area contributed by atoms with E-state index in [4.69, 9.17) is 19.2 Å². The Morgan fingerprint density at radius 3 is 2.50 bits per heavy atom. The van der Waals surface area contributed by atoms with Crippen LogP contribution < -0.4 is 20.2 Å². The monoisotopic (exact) mass is 490 g/mol. The first-order chi connectivity index (χ1) is 17.4. The number of benzene rings is 2. The fourth-order valence-corrected chi connectivity index (χ4v) is 2.84. The number of rotatable bonds is 9. The van der Waals surface area contributed by atoms with E-state index >= 15 is 0 Å². The van der Waals surface area contributed by atoms with Crippen molar-refractivity contribution in [2.45, 2.75) is 13.5 Å². The van der Waals surface area contributed by atoms with Gasteiger partial charge >= 0.3 is 17.8 Å². The number of furan rings is 1. The van der Waals surface area contributed by atoms with Crippen LogP contribution in [0.5, 0.6) is 11.5 Å². The summed E-state index contributed by atoms with van der Waals surface area (Å²) in [6.45, 7) is 2.23. The van der Waals surface area contributed by atoms with Gasteiger partial charge in [-0.15, -0.1) is 0 Å². The van der Waals surface area contributed by atoms with Crippen molar-refractivity contribution in [1.82, 2.24) is 5.43 Å². The zero-order valence-corrected chi connectivity index (χ0v) is 19.4. The van der Waals surface area contributed by atoms with Crippen LogP contribution in [-0.2, 0) is 20.9 Å². The number of esters is 1. The molecule has 1 heterocycles. The fraction of sp³-hybridized carbons (Fsp3) is 0.160. The number of hydrazone groups is 1. The van der Waals surface area contributed by atoms with Crippen LogP contribution >= 0.6 is 0 Å².